The second-order valence-electron chi connectivity index (χ2n) is 19.7. The summed E-state index contributed by atoms with van der Waals surface area (Å²) in [7, 11) is 0. The molecular formula is C70H42N4. The molecule has 0 aliphatic carbocycles. The van der Waals surface area contributed by atoms with Crippen LogP contribution in [0.2, 0.25) is 0 Å². The van der Waals surface area contributed by atoms with Crippen molar-refractivity contribution in [3.8, 4) is 44.8 Å². The Morgan fingerprint density at radius 3 is 1.00 bits per heavy atom. The highest BCUT2D eigenvalue weighted by Gasteiger charge is 2.22. The van der Waals surface area contributed by atoms with Gasteiger partial charge in [0, 0.05) is 78.0 Å². The summed E-state index contributed by atoms with van der Waals surface area (Å²) < 4.78 is 4.96. The summed E-state index contributed by atoms with van der Waals surface area (Å²) >= 11 is 0. The third-order valence-electron chi connectivity index (χ3n) is 15.7. The number of fused-ring (bicyclic) bond motifs is 18. The first-order valence-electron chi connectivity index (χ1n) is 25.4. The van der Waals surface area contributed by atoms with Crippen LogP contribution in [0.1, 0.15) is 0 Å². The molecule has 0 spiro atoms. The zero-order chi connectivity index (χ0) is 48.4. The number of pyridine rings is 2. The van der Waals surface area contributed by atoms with Crippen LogP contribution in [-0.2, 0) is 0 Å². The van der Waals surface area contributed by atoms with Crippen molar-refractivity contribution < 1.29 is 0 Å². The molecule has 16 aromatic rings. The average molecular weight is 939 g/mol. The molecule has 0 fully saturated rings. The lowest BCUT2D eigenvalue weighted by molar-refractivity contribution is 1.18. The van der Waals surface area contributed by atoms with E-state index in [0.717, 1.165) is 66.6 Å². The van der Waals surface area contributed by atoms with E-state index in [-0.39, 0.29) is 0 Å². The molecule has 4 heterocycles. The largest absolute Gasteiger partial charge is 0.309 e. The number of rotatable bonds is 5. The van der Waals surface area contributed by atoms with Gasteiger partial charge in [-0.1, -0.05) is 170 Å². The first-order valence-corrected chi connectivity index (χ1v) is 25.4. The lowest BCUT2D eigenvalue weighted by Crippen LogP contribution is -1.96. The van der Waals surface area contributed by atoms with E-state index in [2.05, 4.69) is 240 Å². The zero-order valence-corrected chi connectivity index (χ0v) is 40.0. The summed E-state index contributed by atoms with van der Waals surface area (Å²) in [5.74, 6) is 0. The molecule has 4 nitrogen and oxygen atoms in total. The smallest absolute Gasteiger partial charge is 0.0702 e. The highest BCUT2D eigenvalue weighted by atomic mass is 15.0. The Hall–Kier alpha value is -9.90. The van der Waals surface area contributed by atoms with Crippen LogP contribution >= 0.6 is 0 Å². The number of aromatic nitrogens is 4. The van der Waals surface area contributed by atoms with Crippen molar-refractivity contribution >= 4 is 109 Å². The molecule has 12 aromatic carbocycles. The summed E-state index contributed by atoms with van der Waals surface area (Å²) in [5.41, 5.74) is 15.9. The summed E-state index contributed by atoms with van der Waals surface area (Å²) in [6.07, 6.45) is 4.02. The highest BCUT2D eigenvalue weighted by molar-refractivity contribution is 6.34. The van der Waals surface area contributed by atoms with Gasteiger partial charge in [0.25, 0.3) is 0 Å². The molecule has 0 radical (unpaired) electrons. The monoisotopic (exact) mass is 938 g/mol. The number of hydrogen-bond donors (Lipinski definition) is 0. The fourth-order valence-electron chi connectivity index (χ4n) is 12.3. The lowest BCUT2D eigenvalue weighted by atomic mass is 9.96. The Labute approximate surface area is 425 Å². The molecule has 0 bridgehead atoms. The Balaban J connectivity index is 0.844. The van der Waals surface area contributed by atoms with E-state index in [1.807, 2.05) is 24.5 Å². The maximum absolute atomic E-state index is 4.85. The third-order valence-corrected chi connectivity index (χ3v) is 15.7. The maximum Gasteiger partial charge on any atom is 0.0702 e. The molecule has 0 N–H and O–H groups in total. The topological polar surface area (TPSA) is 35.6 Å². The van der Waals surface area contributed by atoms with E-state index < -0.39 is 0 Å². The van der Waals surface area contributed by atoms with Crippen LogP contribution in [0, 0.1) is 0 Å². The van der Waals surface area contributed by atoms with Crippen LogP contribution in [0.3, 0.4) is 0 Å². The molecule has 4 heteroatoms. The number of hydrogen-bond acceptors (Lipinski definition) is 2. The van der Waals surface area contributed by atoms with Crippen LogP contribution in [0.25, 0.3) is 153 Å². The normalized spacial score (nSPS) is 12.1. The van der Waals surface area contributed by atoms with Gasteiger partial charge in [-0.05, 0) is 127 Å². The van der Waals surface area contributed by atoms with Gasteiger partial charge in [-0.2, -0.15) is 0 Å². The minimum Gasteiger partial charge on any atom is -0.309 e. The molecule has 0 saturated heterocycles. The lowest BCUT2D eigenvalue weighted by Gasteiger charge is -2.14. The van der Waals surface area contributed by atoms with Crippen molar-refractivity contribution in [3.05, 3.63) is 255 Å². The Kier molecular flexibility index (Phi) is 8.71. The fraction of sp³-hybridized carbons (Fsp3) is 0. The summed E-state index contributed by atoms with van der Waals surface area (Å²) in [5, 5.41) is 17.2. The average Bonchev–Trinajstić information content (AvgIpc) is 4.02. The fourth-order valence-corrected chi connectivity index (χ4v) is 12.3. The minimum atomic E-state index is 1.00. The van der Waals surface area contributed by atoms with Crippen LogP contribution in [-0.4, -0.2) is 19.1 Å². The standard InChI is InChI=1S/C70H42N4/c1-11-23-63-47(13-1)37-49(41-71-63)45-29-35-65-61(39-45)67-57-19-7-3-15-53(57)55-17-5-9-21-59(55)69(67)73(65)51-31-25-43(26-32-51)44-27-33-52(34-28-44)74-66-36-30-46(50-38-48-14-2-12-24-64(48)72-42-50)40-62(66)68-58-20-8-4-16-54(58)56-18-6-10-22-60(56)70(68)74/h1-42H. The van der Waals surface area contributed by atoms with Crippen molar-refractivity contribution in [2.24, 2.45) is 0 Å². The predicted molar refractivity (Wildman–Crippen MR) is 312 cm³/mol. The Morgan fingerprint density at radius 2 is 0.581 bits per heavy atom. The molecule has 0 atom stereocenters. The van der Waals surface area contributed by atoms with Gasteiger partial charge in [0.2, 0.25) is 0 Å². The quantitative estimate of drug-likeness (QED) is 0.161. The first kappa shape index (κ1) is 40.8. The maximum atomic E-state index is 4.85. The molecule has 0 saturated carbocycles. The van der Waals surface area contributed by atoms with E-state index in [0.29, 0.717) is 0 Å². The van der Waals surface area contributed by atoms with Crippen molar-refractivity contribution in [1.29, 1.82) is 0 Å². The van der Waals surface area contributed by atoms with Gasteiger partial charge in [-0.15, -0.1) is 0 Å². The number of benzene rings is 12. The van der Waals surface area contributed by atoms with Gasteiger partial charge in [0.05, 0.1) is 33.1 Å². The van der Waals surface area contributed by atoms with Crippen LogP contribution in [0.5, 0.6) is 0 Å². The molecular weight excluding hydrogens is 897 g/mol. The highest BCUT2D eigenvalue weighted by Crippen LogP contribution is 2.46. The molecule has 0 aliphatic heterocycles. The second-order valence-corrected chi connectivity index (χ2v) is 19.7. The van der Waals surface area contributed by atoms with E-state index in [1.165, 1.54) is 86.7 Å². The van der Waals surface area contributed by atoms with Gasteiger partial charge < -0.3 is 9.13 Å². The van der Waals surface area contributed by atoms with Crippen LogP contribution < -0.4 is 0 Å². The Bertz CT molecular complexity index is 4680. The van der Waals surface area contributed by atoms with E-state index in [4.69, 9.17) is 9.97 Å². The molecule has 16 rings (SSSR count). The van der Waals surface area contributed by atoms with Gasteiger partial charge in [0.15, 0.2) is 0 Å². The zero-order valence-electron chi connectivity index (χ0n) is 40.0. The number of para-hydroxylation sites is 2. The SMILES string of the molecule is c1ccc2ncc(-c3ccc4c(c3)c3c5ccccc5c5ccccc5c3n4-c3ccc(-c4ccc(-n5c6ccc(-c7cnc8ccccc8c7)cc6c6c7ccccc7c7ccccc7c65)cc4)cc3)cc2c1. The number of nitrogens with zero attached hydrogens (tertiary/aromatic N) is 4. The van der Waals surface area contributed by atoms with E-state index in [1.54, 1.807) is 0 Å². The molecule has 4 aromatic heterocycles. The molecule has 0 unspecified atom stereocenters. The third kappa shape index (κ3) is 6.03. The molecule has 74 heavy (non-hydrogen) atoms. The van der Waals surface area contributed by atoms with Gasteiger partial charge in [-0.3, -0.25) is 9.97 Å². The molecule has 0 aliphatic rings. The molecule has 342 valence electrons. The predicted octanol–water partition coefficient (Wildman–Crippen LogP) is 18.6. The Morgan fingerprint density at radius 1 is 0.243 bits per heavy atom. The van der Waals surface area contributed by atoms with Gasteiger partial charge in [-0.25, -0.2) is 0 Å². The molecule has 0 amide bonds. The van der Waals surface area contributed by atoms with Crippen molar-refractivity contribution in [3.63, 3.8) is 0 Å². The van der Waals surface area contributed by atoms with Gasteiger partial charge in [0.1, 0.15) is 0 Å². The first-order chi connectivity index (χ1) is 36.7. The van der Waals surface area contributed by atoms with Crippen molar-refractivity contribution in [2.75, 3.05) is 0 Å². The summed E-state index contributed by atoms with van der Waals surface area (Å²) in [6.45, 7) is 0. The summed E-state index contributed by atoms with van der Waals surface area (Å²) in [6, 6.07) is 88.9. The van der Waals surface area contributed by atoms with Crippen LogP contribution in [0.4, 0.5) is 0 Å². The minimum absolute atomic E-state index is 1.00. The van der Waals surface area contributed by atoms with E-state index >= 15 is 0 Å². The van der Waals surface area contributed by atoms with Gasteiger partial charge >= 0.3 is 0 Å². The van der Waals surface area contributed by atoms with Crippen LogP contribution in [0.15, 0.2) is 255 Å². The summed E-state index contributed by atoms with van der Waals surface area (Å²) in [4.78, 5) is 9.70. The van der Waals surface area contributed by atoms with Crippen molar-refractivity contribution in [2.45, 2.75) is 0 Å². The van der Waals surface area contributed by atoms with Crippen molar-refractivity contribution in [1.82, 2.24) is 19.1 Å². The van der Waals surface area contributed by atoms with E-state index in [9.17, 15) is 0 Å². The second kappa shape index (κ2) is 15.8.